The third-order valence-electron chi connectivity index (χ3n) is 17.3. The van der Waals surface area contributed by atoms with Crippen LogP contribution in [0.1, 0.15) is 432 Å². The van der Waals surface area contributed by atoms with Gasteiger partial charge in [-0.2, -0.15) is 0 Å². The van der Waals surface area contributed by atoms with Crippen LogP contribution in [0.3, 0.4) is 0 Å². The first-order chi connectivity index (χ1) is 40.0. The van der Waals surface area contributed by atoms with Gasteiger partial charge in [0.2, 0.25) is 0 Å². The van der Waals surface area contributed by atoms with Gasteiger partial charge in [-0.15, -0.1) is 0 Å². The number of allylic oxidation sites excluding steroid dienone is 2. The van der Waals surface area contributed by atoms with Crippen molar-refractivity contribution in [3.05, 3.63) is 12.2 Å². The van der Waals surface area contributed by atoms with E-state index in [9.17, 15) is 14.4 Å². The molecule has 6 heteroatoms. The van der Waals surface area contributed by atoms with Gasteiger partial charge in [0.05, 0.1) is 0 Å². The zero-order valence-electron chi connectivity index (χ0n) is 55.4. The molecule has 0 aliphatic rings. The molecule has 1 atom stereocenters. The summed E-state index contributed by atoms with van der Waals surface area (Å²) >= 11 is 0. The molecule has 6 nitrogen and oxygen atoms in total. The van der Waals surface area contributed by atoms with Crippen molar-refractivity contribution < 1.29 is 28.6 Å². The van der Waals surface area contributed by atoms with Crippen LogP contribution in [0.5, 0.6) is 0 Å². The standard InChI is InChI=1S/C75H144O6/c1-4-7-10-13-16-19-22-25-28-30-31-32-33-34-35-36-37-38-39-40-41-42-43-45-47-50-53-56-59-62-65-68-74(77)80-71-72(70-79-73(76)67-64-61-58-55-52-49-46-27-24-21-18-15-12-9-6-3)81-75(78)69-66-63-60-57-54-51-48-44-29-26-23-20-17-14-11-8-5-2/h26,29,72H,4-25,27-28,30-71H2,1-3H3/b29-26-. The van der Waals surface area contributed by atoms with Crippen molar-refractivity contribution in [1.29, 1.82) is 0 Å². The molecule has 0 bridgehead atoms. The molecule has 0 radical (unpaired) electrons. The first-order valence-corrected chi connectivity index (χ1v) is 37.2. The number of hydrogen-bond donors (Lipinski definition) is 0. The number of rotatable bonds is 70. The first-order valence-electron chi connectivity index (χ1n) is 37.2. The largest absolute Gasteiger partial charge is 0.462 e. The van der Waals surface area contributed by atoms with Gasteiger partial charge in [0.15, 0.2) is 6.10 Å². The van der Waals surface area contributed by atoms with Gasteiger partial charge in [-0.05, 0) is 44.9 Å². The summed E-state index contributed by atoms with van der Waals surface area (Å²) in [6, 6.07) is 0. The smallest absolute Gasteiger partial charge is 0.306 e. The topological polar surface area (TPSA) is 78.9 Å². The van der Waals surface area contributed by atoms with E-state index in [-0.39, 0.29) is 31.1 Å². The summed E-state index contributed by atoms with van der Waals surface area (Å²) in [5, 5.41) is 0. The van der Waals surface area contributed by atoms with E-state index >= 15 is 0 Å². The molecule has 0 amide bonds. The van der Waals surface area contributed by atoms with Gasteiger partial charge in [-0.25, -0.2) is 0 Å². The lowest BCUT2D eigenvalue weighted by Crippen LogP contribution is -2.30. The van der Waals surface area contributed by atoms with Crippen LogP contribution in [-0.2, 0) is 28.6 Å². The molecule has 0 aromatic carbocycles. The Hall–Kier alpha value is -1.85. The molecule has 0 aliphatic carbocycles. The van der Waals surface area contributed by atoms with Crippen molar-refractivity contribution in [2.45, 2.75) is 438 Å². The van der Waals surface area contributed by atoms with Crippen LogP contribution in [0.4, 0.5) is 0 Å². The minimum Gasteiger partial charge on any atom is -0.462 e. The molecule has 81 heavy (non-hydrogen) atoms. The van der Waals surface area contributed by atoms with Crippen LogP contribution in [-0.4, -0.2) is 37.2 Å². The zero-order chi connectivity index (χ0) is 58.5. The maximum atomic E-state index is 12.9. The van der Waals surface area contributed by atoms with Crippen LogP contribution in [0, 0.1) is 0 Å². The summed E-state index contributed by atoms with van der Waals surface area (Å²) < 4.78 is 17.0. The van der Waals surface area contributed by atoms with Crippen LogP contribution in [0.15, 0.2) is 12.2 Å². The van der Waals surface area contributed by atoms with Crippen LogP contribution >= 0.6 is 0 Å². The number of unbranched alkanes of at least 4 members (excludes halogenated alkanes) is 57. The number of carbonyl (C=O) groups excluding carboxylic acids is 3. The molecule has 0 spiro atoms. The van der Waals surface area contributed by atoms with Crippen molar-refractivity contribution in [3.8, 4) is 0 Å². The van der Waals surface area contributed by atoms with Crippen molar-refractivity contribution in [1.82, 2.24) is 0 Å². The van der Waals surface area contributed by atoms with Crippen LogP contribution in [0.25, 0.3) is 0 Å². The zero-order valence-corrected chi connectivity index (χ0v) is 55.4. The lowest BCUT2D eigenvalue weighted by atomic mass is 10.0. The first kappa shape index (κ1) is 79.2. The highest BCUT2D eigenvalue weighted by Gasteiger charge is 2.20. The Labute approximate surface area is 507 Å². The fourth-order valence-corrected chi connectivity index (χ4v) is 11.7. The summed E-state index contributed by atoms with van der Waals surface area (Å²) in [6.45, 7) is 6.73. The number of ether oxygens (including phenoxy) is 3. The summed E-state index contributed by atoms with van der Waals surface area (Å²) in [4.78, 5) is 38.4. The minimum atomic E-state index is -0.769. The van der Waals surface area contributed by atoms with Crippen molar-refractivity contribution in [2.75, 3.05) is 13.2 Å². The Morgan fingerprint density at radius 1 is 0.235 bits per heavy atom. The van der Waals surface area contributed by atoms with E-state index < -0.39 is 6.10 Å². The fourth-order valence-electron chi connectivity index (χ4n) is 11.7. The molecule has 1 unspecified atom stereocenters. The Morgan fingerprint density at radius 3 is 0.617 bits per heavy atom. The molecular formula is C75H144O6. The van der Waals surface area contributed by atoms with Gasteiger partial charge < -0.3 is 14.2 Å². The quantitative estimate of drug-likeness (QED) is 0.0261. The predicted octanol–water partition coefficient (Wildman–Crippen LogP) is 25.6. The average molecular weight is 1140 g/mol. The highest BCUT2D eigenvalue weighted by Crippen LogP contribution is 2.20. The van der Waals surface area contributed by atoms with Gasteiger partial charge in [-0.1, -0.05) is 380 Å². The maximum Gasteiger partial charge on any atom is 0.306 e. The third-order valence-corrected chi connectivity index (χ3v) is 17.3. The highest BCUT2D eigenvalue weighted by molar-refractivity contribution is 5.71. The van der Waals surface area contributed by atoms with E-state index in [0.717, 1.165) is 57.8 Å². The summed E-state index contributed by atoms with van der Waals surface area (Å²) in [7, 11) is 0. The molecule has 0 rings (SSSR count). The maximum absolute atomic E-state index is 12.9. The molecule has 0 saturated carbocycles. The van der Waals surface area contributed by atoms with E-state index in [0.29, 0.717) is 19.3 Å². The molecule has 0 aliphatic heterocycles. The number of hydrogen-bond acceptors (Lipinski definition) is 6. The predicted molar refractivity (Wildman–Crippen MR) is 353 cm³/mol. The second-order valence-electron chi connectivity index (χ2n) is 25.6. The van der Waals surface area contributed by atoms with E-state index in [4.69, 9.17) is 14.2 Å². The molecule has 480 valence electrons. The molecule has 0 aromatic rings. The average Bonchev–Trinajstić information content (AvgIpc) is 3.47. The molecule has 0 fully saturated rings. The highest BCUT2D eigenvalue weighted by atomic mass is 16.6. The van der Waals surface area contributed by atoms with Crippen LogP contribution < -0.4 is 0 Å². The summed E-state index contributed by atoms with van der Waals surface area (Å²) in [5.74, 6) is -0.833. The van der Waals surface area contributed by atoms with Crippen molar-refractivity contribution >= 4 is 17.9 Å². The number of esters is 3. The van der Waals surface area contributed by atoms with Crippen LogP contribution in [0.2, 0.25) is 0 Å². The molecule has 0 N–H and O–H groups in total. The summed E-state index contributed by atoms with van der Waals surface area (Å²) in [6.07, 6.45) is 85.5. The molecular weight excluding hydrogens is 997 g/mol. The molecule has 0 heterocycles. The minimum absolute atomic E-state index is 0.0648. The monoisotopic (exact) mass is 1140 g/mol. The second kappa shape index (κ2) is 70.6. The third kappa shape index (κ3) is 68.8. The SMILES string of the molecule is CCCCCCCC/C=C\CCCCCCCCCC(=O)OC(COC(=O)CCCCCCCCCCCCCCCCC)COC(=O)CCCCCCCCCCCCCCCCCCCCCCCCCCCCCCCCC. The Kier molecular flexibility index (Phi) is 69.0. The summed E-state index contributed by atoms with van der Waals surface area (Å²) in [5.41, 5.74) is 0. The van der Waals surface area contributed by atoms with Crippen molar-refractivity contribution in [3.63, 3.8) is 0 Å². The van der Waals surface area contributed by atoms with E-state index in [1.165, 1.54) is 334 Å². The lowest BCUT2D eigenvalue weighted by Gasteiger charge is -2.18. The van der Waals surface area contributed by atoms with E-state index in [2.05, 4.69) is 32.9 Å². The molecule has 0 aromatic heterocycles. The van der Waals surface area contributed by atoms with Gasteiger partial charge >= 0.3 is 17.9 Å². The lowest BCUT2D eigenvalue weighted by molar-refractivity contribution is -0.167. The van der Waals surface area contributed by atoms with E-state index in [1.54, 1.807) is 0 Å². The van der Waals surface area contributed by atoms with Gasteiger partial charge in [0.1, 0.15) is 13.2 Å². The molecule has 0 saturated heterocycles. The Bertz CT molecular complexity index is 1260. The van der Waals surface area contributed by atoms with E-state index in [1.807, 2.05) is 0 Å². The fraction of sp³-hybridized carbons (Fsp3) is 0.933. The Morgan fingerprint density at radius 2 is 0.407 bits per heavy atom. The van der Waals surface area contributed by atoms with Gasteiger partial charge in [-0.3, -0.25) is 14.4 Å². The normalized spacial score (nSPS) is 12.0. The number of carbonyl (C=O) groups is 3. The van der Waals surface area contributed by atoms with Gasteiger partial charge in [0, 0.05) is 19.3 Å². The second-order valence-corrected chi connectivity index (χ2v) is 25.6. The van der Waals surface area contributed by atoms with Gasteiger partial charge in [0.25, 0.3) is 0 Å². The van der Waals surface area contributed by atoms with Crippen molar-refractivity contribution in [2.24, 2.45) is 0 Å². The Balaban J connectivity index is 4.13.